The molecule has 0 N–H and O–H groups in total. The Balaban J connectivity index is 1.54. The molecular formula is C18H30N4O2. The van der Waals surface area contributed by atoms with Gasteiger partial charge in [-0.3, -0.25) is 9.69 Å². The number of hydrogen-bond donors (Lipinski definition) is 0. The fourth-order valence-corrected chi connectivity index (χ4v) is 3.82. The molecule has 1 unspecified atom stereocenters. The Morgan fingerprint density at radius 1 is 1.17 bits per heavy atom. The van der Waals surface area contributed by atoms with Crippen molar-refractivity contribution >= 4 is 5.91 Å². The van der Waals surface area contributed by atoms with Crippen molar-refractivity contribution in [2.24, 2.45) is 5.92 Å². The van der Waals surface area contributed by atoms with Gasteiger partial charge < -0.3 is 9.42 Å². The Hall–Kier alpha value is -1.43. The number of aryl methyl sites for hydroxylation is 1. The second-order valence-corrected chi connectivity index (χ2v) is 7.17. The molecule has 1 aromatic heterocycles. The van der Waals surface area contributed by atoms with Crippen LogP contribution in [-0.2, 0) is 17.8 Å². The fourth-order valence-electron chi connectivity index (χ4n) is 3.82. The summed E-state index contributed by atoms with van der Waals surface area (Å²) < 4.78 is 5.35. The number of piperidine rings is 1. The van der Waals surface area contributed by atoms with E-state index in [9.17, 15) is 4.79 Å². The average Bonchev–Trinajstić information content (AvgIpc) is 2.86. The highest BCUT2D eigenvalue weighted by Crippen LogP contribution is 2.22. The van der Waals surface area contributed by atoms with Crippen LogP contribution in [0.4, 0.5) is 0 Å². The summed E-state index contributed by atoms with van der Waals surface area (Å²) in [6.45, 7) is 6.50. The first-order valence-corrected chi connectivity index (χ1v) is 9.59. The van der Waals surface area contributed by atoms with Gasteiger partial charge in [0.2, 0.25) is 11.8 Å². The van der Waals surface area contributed by atoms with Gasteiger partial charge in [-0.05, 0) is 38.6 Å². The quantitative estimate of drug-likeness (QED) is 0.828. The lowest BCUT2D eigenvalue weighted by Gasteiger charge is -2.34. The van der Waals surface area contributed by atoms with E-state index in [4.69, 9.17) is 4.52 Å². The summed E-state index contributed by atoms with van der Waals surface area (Å²) in [6, 6.07) is 0. The summed E-state index contributed by atoms with van der Waals surface area (Å²) in [6.07, 6.45) is 8.80. The Labute approximate surface area is 144 Å². The fraction of sp³-hybridized carbons (Fsp3) is 0.833. The lowest BCUT2D eigenvalue weighted by molar-refractivity contribution is -0.137. The molecule has 0 aliphatic carbocycles. The van der Waals surface area contributed by atoms with Crippen LogP contribution in [0.2, 0.25) is 0 Å². The number of hydrogen-bond acceptors (Lipinski definition) is 5. The maximum Gasteiger partial charge on any atom is 0.240 e. The largest absolute Gasteiger partial charge is 0.342 e. The maximum absolute atomic E-state index is 12.8. The zero-order chi connectivity index (χ0) is 16.8. The van der Waals surface area contributed by atoms with E-state index in [1.165, 1.54) is 12.8 Å². The van der Waals surface area contributed by atoms with E-state index in [1.54, 1.807) is 0 Å². The summed E-state index contributed by atoms with van der Waals surface area (Å²) in [5, 5.41) is 4.02. The summed E-state index contributed by atoms with van der Waals surface area (Å²) in [4.78, 5) is 21.7. The Morgan fingerprint density at radius 3 is 2.71 bits per heavy atom. The normalized spacial score (nSPS) is 23.2. The first-order chi connectivity index (χ1) is 11.8. The van der Waals surface area contributed by atoms with Crippen LogP contribution >= 0.6 is 0 Å². The number of carbonyl (C=O) groups excluding carboxylic acids is 1. The van der Waals surface area contributed by atoms with Crippen LogP contribution in [0.25, 0.3) is 0 Å². The summed E-state index contributed by atoms with van der Waals surface area (Å²) >= 11 is 0. The van der Waals surface area contributed by atoms with Gasteiger partial charge in [0.15, 0.2) is 5.82 Å². The number of likely N-dealkylation sites (tertiary alicyclic amines) is 2. The third-order valence-electron chi connectivity index (χ3n) is 5.12. The molecule has 3 heterocycles. The molecule has 2 aliphatic heterocycles. The van der Waals surface area contributed by atoms with Gasteiger partial charge in [0.1, 0.15) is 0 Å². The molecule has 1 amide bonds. The molecular weight excluding hydrogens is 304 g/mol. The molecule has 3 rings (SSSR count). The van der Waals surface area contributed by atoms with Crippen LogP contribution in [0.1, 0.15) is 63.6 Å². The predicted molar refractivity (Wildman–Crippen MR) is 91.3 cm³/mol. The van der Waals surface area contributed by atoms with Gasteiger partial charge >= 0.3 is 0 Å². The van der Waals surface area contributed by atoms with Gasteiger partial charge in [-0.2, -0.15) is 4.98 Å². The van der Waals surface area contributed by atoms with Crippen molar-refractivity contribution < 1.29 is 9.32 Å². The molecule has 0 radical (unpaired) electrons. The first-order valence-electron chi connectivity index (χ1n) is 9.59. The zero-order valence-corrected chi connectivity index (χ0v) is 14.9. The minimum absolute atomic E-state index is 0.134. The van der Waals surface area contributed by atoms with Crippen LogP contribution in [-0.4, -0.2) is 52.0 Å². The molecule has 6 nitrogen and oxygen atoms in total. The Kier molecular flexibility index (Phi) is 6.24. The van der Waals surface area contributed by atoms with Gasteiger partial charge in [0.25, 0.3) is 0 Å². The van der Waals surface area contributed by atoms with Crippen molar-refractivity contribution in [3.8, 4) is 0 Å². The number of amides is 1. The van der Waals surface area contributed by atoms with Crippen LogP contribution in [0.3, 0.4) is 0 Å². The minimum atomic E-state index is 0.134. The van der Waals surface area contributed by atoms with Crippen molar-refractivity contribution in [2.75, 3.05) is 26.2 Å². The topological polar surface area (TPSA) is 62.5 Å². The van der Waals surface area contributed by atoms with Gasteiger partial charge in [0.05, 0.1) is 12.5 Å². The van der Waals surface area contributed by atoms with E-state index >= 15 is 0 Å². The van der Waals surface area contributed by atoms with E-state index < -0.39 is 0 Å². The summed E-state index contributed by atoms with van der Waals surface area (Å²) in [5.41, 5.74) is 0. The Morgan fingerprint density at radius 2 is 1.96 bits per heavy atom. The Bertz CT molecular complexity index is 523. The molecule has 2 fully saturated rings. The lowest BCUT2D eigenvalue weighted by atomic mass is 9.96. The number of aromatic nitrogens is 2. The minimum Gasteiger partial charge on any atom is -0.342 e. The predicted octanol–water partition coefficient (Wildman–Crippen LogP) is 2.64. The van der Waals surface area contributed by atoms with Gasteiger partial charge in [-0.15, -0.1) is 0 Å². The van der Waals surface area contributed by atoms with Crippen LogP contribution in [0.15, 0.2) is 4.52 Å². The van der Waals surface area contributed by atoms with Crippen LogP contribution < -0.4 is 0 Å². The molecule has 6 heteroatoms. The van der Waals surface area contributed by atoms with Crippen molar-refractivity contribution in [1.82, 2.24) is 19.9 Å². The highest BCUT2D eigenvalue weighted by atomic mass is 16.5. The van der Waals surface area contributed by atoms with Gasteiger partial charge in [0, 0.05) is 26.1 Å². The van der Waals surface area contributed by atoms with Gasteiger partial charge in [-0.25, -0.2) is 0 Å². The summed E-state index contributed by atoms with van der Waals surface area (Å²) in [7, 11) is 0. The molecule has 0 bridgehead atoms. The third-order valence-corrected chi connectivity index (χ3v) is 5.12. The molecule has 2 aliphatic rings. The van der Waals surface area contributed by atoms with Crippen molar-refractivity contribution in [1.29, 1.82) is 0 Å². The lowest BCUT2D eigenvalue weighted by Crippen LogP contribution is -2.44. The zero-order valence-electron chi connectivity index (χ0n) is 14.9. The van der Waals surface area contributed by atoms with Crippen LogP contribution in [0, 0.1) is 5.92 Å². The van der Waals surface area contributed by atoms with E-state index in [0.29, 0.717) is 18.3 Å². The highest BCUT2D eigenvalue weighted by Gasteiger charge is 2.30. The molecule has 1 aromatic rings. The monoisotopic (exact) mass is 334 g/mol. The van der Waals surface area contributed by atoms with Crippen molar-refractivity contribution in [3.63, 3.8) is 0 Å². The molecule has 0 spiro atoms. The third kappa shape index (κ3) is 4.56. The molecule has 134 valence electrons. The van der Waals surface area contributed by atoms with E-state index in [-0.39, 0.29) is 5.92 Å². The van der Waals surface area contributed by atoms with E-state index in [0.717, 1.165) is 70.5 Å². The molecule has 24 heavy (non-hydrogen) atoms. The maximum atomic E-state index is 12.8. The second-order valence-electron chi connectivity index (χ2n) is 7.17. The number of nitrogens with zero attached hydrogens (tertiary/aromatic N) is 4. The number of rotatable bonds is 5. The number of carbonyl (C=O) groups is 1. The molecule has 0 saturated carbocycles. The second kappa shape index (κ2) is 8.60. The average molecular weight is 334 g/mol. The van der Waals surface area contributed by atoms with E-state index in [2.05, 4.69) is 26.9 Å². The van der Waals surface area contributed by atoms with E-state index in [1.807, 2.05) is 0 Å². The van der Waals surface area contributed by atoms with Gasteiger partial charge in [-0.1, -0.05) is 24.9 Å². The van der Waals surface area contributed by atoms with Crippen LogP contribution in [0.5, 0.6) is 0 Å². The highest BCUT2D eigenvalue weighted by molar-refractivity contribution is 5.79. The first kappa shape index (κ1) is 17.4. The SMILES string of the molecule is CCCc1noc(CN2CCCC(C(=O)N3CCCCCC3)C2)n1. The van der Waals surface area contributed by atoms with Crippen molar-refractivity contribution in [2.45, 2.75) is 64.8 Å². The molecule has 0 aromatic carbocycles. The molecule has 1 atom stereocenters. The molecule has 2 saturated heterocycles. The smallest absolute Gasteiger partial charge is 0.240 e. The van der Waals surface area contributed by atoms with Crippen molar-refractivity contribution in [3.05, 3.63) is 11.7 Å². The standard InChI is InChI=1S/C18H30N4O2/c1-2-8-16-19-17(24-20-16)14-21-10-7-9-15(13-21)18(23)22-11-5-3-4-6-12-22/h15H,2-14H2,1H3. The summed E-state index contributed by atoms with van der Waals surface area (Å²) in [5.74, 6) is 1.97.